The first-order chi connectivity index (χ1) is 14.6. The molecule has 3 heterocycles. The Bertz CT molecular complexity index is 1200. The third-order valence-corrected chi connectivity index (χ3v) is 6.51. The van der Waals surface area contributed by atoms with Crippen LogP contribution in [-0.2, 0) is 0 Å². The molecule has 8 heteroatoms. The first kappa shape index (κ1) is 19.2. The minimum atomic E-state index is -0.263. The number of piperazine rings is 1. The molecule has 152 valence electrons. The van der Waals surface area contributed by atoms with E-state index in [0.29, 0.717) is 0 Å². The molecule has 0 aliphatic carbocycles. The van der Waals surface area contributed by atoms with Crippen LogP contribution >= 0.6 is 23.1 Å². The summed E-state index contributed by atoms with van der Waals surface area (Å²) in [4.78, 5) is 13.7. The number of aromatic nitrogens is 3. The molecule has 5 nitrogen and oxygen atoms in total. The van der Waals surface area contributed by atoms with Crippen LogP contribution in [0.2, 0.25) is 5.02 Å². The fraction of sp³-hybridized carbons (Fsp3) is 0.227. The van der Waals surface area contributed by atoms with Gasteiger partial charge in [-0.05, 0) is 60.4 Å². The van der Waals surface area contributed by atoms with Gasteiger partial charge in [0.15, 0.2) is 5.82 Å². The van der Waals surface area contributed by atoms with Gasteiger partial charge in [-0.15, -0.1) is 0 Å². The lowest BCUT2D eigenvalue weighted by atomic mass is 10.1. The number of nitrogens with zero attached hydrogens (tertiary/aromatic N) is 5. The first-order valence-corrected chi connectivity index (χ1v) is 10.9. The van der Waals surface area contributed by atoms with Crippen LogP contribution < -0.4 is 9.80 Å². The van der Waals surface area contributed by atoms with Crippen LogP contribution in [0.1, 0.15) is 5.56 Å². The van der Waals surface area contributed by atoms with Crippen LogP contribution in [0.15, 0.2) is 48.8 Å². The normalized spacial score (nSPS) is 14.5. The SMILES string of the molecule is Cc1ccc(Cl)cc1N1CCN(c2ncnc3c(-c4ccc(F)cc4)nsc23)CC1. The second-order valence-electron chi connectivity index (χ2n) is 7.32. The van der Waals surface area contributed by atoms with Crippen LogP contribution in [0.4, 0.5) is 15.9 Å². The van der Waals surface area contributed by atoms with Gasteiger partial charge >= 0.3 is 0 Å². The number of halogens is 2. The fourth-order valence-corrected chi connectivity index (χ4v) is 4.90. The molecule has 5 rings (SSSR count). The predicted molar refractivity (Wildman–Crippen MR) is 121 cm³/mol. The summed E-state index contributed by atoms with van der Waals surface area (Å²) in [5.74, 6) is 0.648. The zero-order valence-electron chi connectivity index (χ0n) is 16.3. The van der Waals surface area contributed by atoms with Crippen molar-refractivity contribution in [3.63, 3.8) is 0 Å². The summed E-state index contributed by atoms with van der Waals surface area (Å²) in [5.41, 5.74) is 4.85. The summed E-state index contributed by atoms with van der Waals surface area (Å²) in [6.45, 7) is 5.58. The van der Waals surface area contributed by atoms with E-state index in [4.69, 9.17) is 11.6 Å². The molecule has 0 saturated carbocycles. The molecule has 0 atom stereocenters. The molecule has 0 spiro atoms. The van der Waals surface area contributed by atoms with E-state index in [1.165, 1.54) is 34.9 Å². The number of rotatable bonds is 3. The van der Waals surface area contributed by atoms with Gasteiger partial charge in [0.2, 0.25) is 0 Å². The highest BCUT2D eigenvalue weighted by Crippen LogP contribution is 2.35. The Hall–Kier alpha value is -2.77. The van der Waals surface area contributed by atoms with Crippen molar-refractivity contribution in [1.29, 1.82) is 0 Å². The number of anilines is 2. The van der Waals surface area contributed by atoms with Crippen LogP contribution in [0, 0.1) is 12.7 Å². The van der Waals surface area contributed by atoms with Crippen molar-refractivity contribution in [1.82, 2.24) is 14.3 Å². The quantitative estimate of drug-likeness (QED) is 0.440. The van der Waals surface area contributed by atoms with E-state index >= 15 is 0 Å². The molecule has 30 heavy (non-hydrogen) atoms. The second kappa shape index (κ2) is 7.81. The maximum Gasteiger partial charge on any atom is 0.151 e. The van der Waals surface area contributed by atoms with Crippen molar-refractivity contribution >= 4 is 44.9 Å². The van der Waals surface area contributed by atoms with E-state index in [1.807, 2.05) is 12.1 Å². The third kappa shape index (κ3) is 3.48. The Morgan fingerprint density at radius 2 is 1.70 bits per heavy atom. The summed E-state index contributed by atoms with van der Waals surface area (Å²) < 4.78 is 18.9. The average molecular weight is 440 g/mol. The Labute approximate surface area is 182 Å². The topological polar surface area (TPSA) is 45.2 Å². The number of aryl methyl sites for hydroxylation is 1. The van der Waals surface area contributed by atoms with Crippen LogP contribution in [0.3, 0.4) is 0 Å². The largest absolute Gasteiger partial charge is 0.368 e. The predicted octanol–water partition coefficient (Wildman–Crippen LogP) is 5.18. The minimum Gasteiger partial charge on any atom is -0.368 e. The maximum atomic E-state index is 13.3. The highest BCUT2D eigenvalue weighted by Gasteiger charge is 2.23. The van der Waals surface area contributed by atoms with Gasteiger partial charge in [-0.2, -0.15) is 4.37 Å². The molecular weight excluding hydrogens is 421 g/mol. The number of fused-ring (bicyclic) bond motifs is 1. The molecule has 2 aromatic heterocycles. The van der Waals surface area contributed by atoms with Crippen molar-refractivity contribution in [3.8, 4) is 11.3 Å². The molecule has 0 amide bonds. The standard InChI is InChI=1S/C22H19ClFN5S/c1-14-2-5-16(23)12-18(14)28-8-10-29(11-9-28)22-21-20(25-13-26-22)19(27-30-21)15-3-6-17(24)7-4-15/h2-7,12-13H,8-11H2,1H3. The fourth-order valence-electron chi connectivity index (χ4n) is 3.86. The Morgan fingerprint density at radius 1 is 0.967 bits per heavy atom. The van der Waals surface area contributed by atoms with Crippen molar-refractivity contribution in [3.05, 3.63) is 65.2 Å². The Balaban J connectivity index is 1.41. The van der Waals surface area contributed by atoms with Gasteiger partial charge in [0, 0.05) is 42.5 Å². The van der Waals surface area contributed by atoms with Crippen molar-refractivity contribution < 1.29 is 4.39 Å². The lowest BCUT2D eigenvalue weighted by Gasteiger charge is -2.37. The van der Waals surface area contributed by atoms with Gasteiger partial charge in [0.05, 0.1) is 0 Å². The van der Waals surface area contributed by atoms with Gasteiger partial charge in [0.1, 0.15) is 28.1 Å². The summed E-state index contributed by atoms with van der Waals surface area (Å²) in [6, 6.07) is 12.4. The summed E-state index contributed by atoms with van der Waals surface area (Å²) in [6.07, 6.45) is 1.59. The highest BCUT2D eigenvalue weighted by molar-refractivity contribution is 7.14. The average Bonchev–Trinajstić information content (AvgIpc) is 3.20. The zero-order valence-corrected chi connectivity index (χ0v) is 17.9. The van der Waals surface area contributed by atoms with Gasteiger partial charge in [0.25, 0.3) is 0 Å². The molecule has 1 saturated heterocycles. The van der Waals surface area contributed by atoms with E-state index in [1.54, 1.807) is 18.5 Å². The summed E-state index contributed by atoms with van der Waals surface area (Å²) in [7, 11) is 0. The molecular formula is C22H19ClFN5S. The van der Waals surface area contributed by atoms with Crippen LogP contribution in [0.25, 0.3) is 21.5 Å². The maximum absolute atomic E-state index is 13.3. The van der Waals surface area contributed by atoms with E-state index in [0.717, 1.165) is 58.5 Å². The van der Waals surface area contributed by atoms with Crippen molar-refractivity contribution in [2.75, 3.05) is 36.0 Å². The van der Waals surface area contributed by atoms with E-state index < -0.39 is 0 Å². The van der Waals surface area contributed by atoms with E-state index in [9.17, 15) is 4.39 Å². The summed E-state index contributed by atoms with van der Waals surface area (Å²) in [5, 5.41) is 0.758. The highest BCUT2D eigenvalue weighted by atomic mass is 35.5. The Kier molecular flexibility index (Phi) is 5.00. The van der Waals surface area contributed by atoms with Crippen LogP contribution in [0.5, 0.6) is 0 Å². The van der Waals surface area contributed by atoms with Crippen molar-refractivity contribution in [2.45, 2.75) is 6.92 Å². The van der Waals surface area contributed by atoms with Crippen LogP contribution in [-0.4, -0.2) is 40.5 Å². The monoisotopic (exact) mass is 439 g/mol. The minimum absolute atomic E-state index is 0.263. The second-order valence-corrected chi connectivity index (χ2v) is 8.53. The Morgan fingerprint density at radius 3 is 2.47 bits per heavy atom. The first-order valence-electron chi connectivity index (χ1n) is 9.72. The number of benzene rings is 2. The van der Waals surface area contributed by atoms with Crippen molar-refractivity contribution in [2.24, 2.45) is 0 Å². The molecule has 0 N–H and O–H groups in total. The molecule has 0 radical (unpaired) electrons. The lowest BCUT2D eigenvalue weighted by molar-refractivity contribution is 0.628. The number of hydrogen-bond acceptors (Lipinski definition) is 6. The van der Waals surface area contributed by atoms with Gasteiger partial charge in [-0.1, -0.05) is 17.7 Å². The zero-order chi connectivity index (χ0) is 20.7. The molecule has 0 unspecified atom stereocenters. The van der Waals surface area contributed by atoms with Gasteiger partial charge in [-0.3, -0.25) is 0 Å². The van der Waals surface area contributed by atoms with Gasteiger partial charge in [-0.25, -0.2) is 14.4 Å². The molecule has 1 aliphatic rings. The lowest BCUT2D eigenvalue weighted by Crippen LogP contribution is -2.47. The third-order valence-electron chi connectivity index (χ3n) is 5.45. The van der Waals surface area contributed by atoms with Gasteiger partial charge < -0.3 is 9.80 Å². The molecule has 1 fully saturated rings. The molecule has 4 aromatic rings. The van der Waals surface area contributed by atoms with E-state index in [-0.39, 0.29) is 5.82 Å². The molecule has 1 aliphatic heterocycles. The molecule has 0 bridgehead atoms. The number of hydrogen-bond donors (Lipinski definition) is 0. The van der Waals surface area contributed by atoms with E-state index in [2.05, 4.69) is 37.1 Å². The summed E-state index contributed by atoms with van der Waals surface area (Å²) >= 11 is 7.60. The molecule has 2 aromatic carbocycles. The smallest absolute Gasteiger partial charge is 0.151 e.